The molecule has 3 aromatic rings. The molecule has 0 spiro atoms. The summed E-state index contributed by atoms with van der Waals surface area (Å²) in [6.07, 6.45) is 3.56. The van der Waals surface area contributed by atoms with E-state index in [0.717, 1.165) is 27.6 Å². The summed E-state index contributed by atoms with van der Waals surface area (Å²) in [4.78, 5) is 29.2. The fourth-order valence-corrected chi connectivity index (χ4v) is 4.00. The minimum atomic E-state index is -0.507. The first kappa shape index (κ1) is 26.0. The van der Waals surface area contributed by atoms with Gasteiger partial charge in [-0.1, -0.05) is 30.3 Å². The minimum Gasteiger partial charge on any atom is -0.494 e. The Balaban J connectivity index is 1.57. The van der Waals surface area contributed by atoms with Crippen molar-refractivity contribution >= 4 is 29.3 Å². The third-order valence-corrected chi connectivity index (χ3v) is 5.97. The van der Waals surface area contributed by atoms with Crippen LogP contribution in [0.4, 0.5) is 0 Å². The third-order valence-electron chi connectivity index (χ3n) is 5.15. The molecule has 184 valence electrons. The van der Waals surface area contributed by atoms with Crippen LogP contribution in [0.25, 0.3) is 6.08 Å². The number of para-hydroxylation sites is 1. The quantitative estimate of drug-likeness (QED) is 0.293. The van der Waals surface area contributed by atoms with Crippen LogP contribution in [0, 0.1) is 12.8 Å². The standard InChI is InChI=1S/C27H30N2O5S/c1-4-33-24-12-9-20(10-13-24)15-22(27(31)32-3)16-28-26(30)14-11-21-7-5-6-8-25(21)34-17-23-18-35-19(2)29-23/h5-14,18,22H,4,15-17H2,1-3H3,(H,28,30)/b14-11+/t22-/m0/s1. The van der Waals surface area contributed by atoms with Crippen LogP contribution >= 0.6 is 11.3 Å². The molecule has 1 atom stereocenters. The number of methoxy groups -OCH3 is 1. The summed E-state index contributed by atoms with van der Waals surface area (Å²) in [5.41, 5.74) is 2.59. The summed E-state index contributed by atoms with van der Waals surface area (Å²) in [7, 11) is 1.35. The van der Waals surface area contributed by atoms with Crippen molar-refractivity contribution in [3.05, 3.63) is 81.8 Å². The number of esters is 1. The normalized spacial score (nSPS) is 11.7. The molecular formula is C27H30N2O5S. The third kappa shape index (κ3) is 8.26. The zero-order valence-electron chi connectivity index (χ0n) is 20.2. The number of nitrogens with zero attached hydrogens (tertiary/aromatic N) is 1. The lowest BCUT2D eigenvalue weighted by molar-refractivity contribution is -0.145. The maximum absolute atomic E-state index is 12.5. The second-order valence-electron chi connectivity index (χ2n) is 7.76. The maximum atomic E-state index is 12.5. The smallest absolute Gasteiger partial charge is 0.310 e. The molecule has 0 aliphatic heterocycles. The van der Waals surface area contributed by atoms with Crippen molar-refractivity contribution in [2.24, 2.45) is 5.92 Å². The molecule has 0 bridgehead atoms. The molecular weight excluding hydrogens is 464 g/mol. The van der Waals surface area contributed by atoms with E-state index < -0.39 is 5.92 Å². The molecule has 1 N–H and O–H groups in total. The summed E-state index contributed by atoms with van der Waals surface area (Å²) in [6.45, 7) is 4.98. The predicted molar refractivity (Wildman–Crippen MR) is 136 cm³/mol. The molecule has 0 saturated carbocycles. The van der Waals surface area contributed by atoms with Gasteiger partial charge >= 0.3 is 5.97 Å². The lowest BCUT2D eigenvalue weighted by atomic mass is 9.99. The highest BCUT2D eigenvalue weighted by Gasteiger charge is 2.20. The Hall–Kier alpha value is -3.65. The Morgan fingerprint density at radius 3 is 2.57 bits per heavy atom. The van der Waals surface area contributed by atoms with Crippen molar-refractivity contribution in [2.75, 3.05) is 20.3 Å². The van der Waals surface area contributed by atoms with E-state index in [1.165, 1.54) is 13.2 Å². The Kier molecular flexibility index (Phi) is 9.86. The largest absolute Gasteiger partial charge is 0.494 e. The van der Waals surface area contributed by atoms with Gasteiger partial charge in [0.25, 0.3) is 0 Å². The van der Waals surface area contributed by atoms with E-state index in [1.807, 2.05) is 67.8 Å². The van der Waals surface area contributed by atoms with E-state index in [1.54, 1.807) is 17.4 Å². The van der Waals surface area contributed by atoms with Gasteiger partial charge in [0.2, 0.25) is 5.91 Å². The van der Waals surface area contributed by atoms with E-state index in [9.17, 15) is 9.59 Å². The first-order chi connectivity index (χ1) is 17.0. The SMILES string of the molecule is CCOc1ccc(C[C@@H](CNC(=O)/C=C/c2ccccc2OCc2csc(C)n2)C(=O)OC)cc1. The maximum Gasteiger partial charge on any atom is 0.310 e. The van der Waals surface area contributed by atoms with Gasteiger partial charge in [-0.3, -0.25) is 9.59 Å². The molecule has 1 heterocycles. The van der Waals surface area contributed by atoms with Gasteiger partial charge in [-0.25, -0.2) is 4.98 Å². The van der Waals surface area contributed by atoms with Crippen LogP contribution in [0.2, 0.25) is 0 Å². The molecule has 7 nitrogen and oxygen atoms in total. The number of rotatable bonds is 12. The second kappa shape index (κ2) is 13.3. The van der Waals surface area contributed by atoms with Gasteiger partial charge in [-0.15, -0.1) is 11.3 Å². The number of thiazole rings is 1. The number of ether oxygens (including phenoxy) is 3. The highest BCUT2D eigenvalue weighted by Crippen LogP contribution is 2.21. The number of hydrogen-bond acceptors (Lipinski definition) is 7. The highest BCUT2D eigenvalue weighted by molar-refractivity contribution is 7.09. The number of carbonyl (C=O) groups excluding carboxylic acids is 2. The summed E-state index contributed by atoms with van der Waals surface area (Å²) in [5, 5.41) is 5.75. The van der Waals surface area contributed by atoms with Crippen LogP contribution in [0.1, 0.15) is 28.8 Å². The van der Waals surface area contributed by atoms with Crippen LogP contribution in [0.3, 0.4) is 0 Å². The summed E-state index contributed by atoms with van der Waals surface area (Å²) < 4.78 is 16.3. The fourth-order valence-electron chi connectivity index (χ4n) is 3.40. The Morgan fingerprint density at radius 1 is 1.11 bits per heavy atom. The van der Waals surface area contributed by atoms with Crippen LogP contribution < -0.4 is 14.8 Å². The van der Waals surface area contributed by atoms with Crippen molar-refractivity contribution in [3.8, 4) is 11.5 Å². The second-order valence-corrected chi connectivity index (χ2v) is 8.83. The van der Waals surface area contributed by atoms with E-state index in [-0.39, 0.29) is 18.4 Å². The Morgan fingerprint density at radius 2 is 1.89 bits per heavy atom. The van der Waals surface area contributed by atoms with Gasteiger partial charge in [-0.2, -0.15) is 0 Å². The number of carbonyl (C=O) groups is 2. The summed E-state index contributed by atoms with van der Waals surface area (Å²) in [5.74, 6) is 0.239. The van der Waals surface area contributed by atoms with Crippen LogP contribution in [-0.4, -0.2) is 37.1 Å². The molecule has 1 amide bonds. The van der Waals surface area contributed by atoms with Crippen molar-refractivity contribution < 1.29 is 23.8 Å². The van der Waals surface area contributed by atoms with Crippen molar-refractivity contribution in [1.82, 2.24) is 10.3 Å². The minimum absolute atomic E-state index is 0.157. The molecule has 0 radical (unpaired) electrons. The molecule has 1 aromatic heterocycles. The predicted octanol–water partition coefficient (Wildman–Crippen LogP) is 4.59. The zero-order valence-corrected chi connectivity index (χ0v) is 21.0. The first-order valence-corrected chi connectivity index (χ1v) is 12.2. The molecule has 0 unspecified atom stereocenters. The zero-order chi connectivity index (χ0) is 25.0. The molecule has 0 saturated heterocycles. The summed E-state index contributed by atoms with van der Waals surface area (Å²) >= 11 is 1.58. The number of aryl methyl sites for hydroxylation is 1. The molecule has 3 rings (SSSR count). The average Bonchev–Trinajstić information content (AvgIpc) is 3.30. The van der Waals surface area contributed by atoms with E-state index in [2.05, 4.69) is 10.3 Å². The van der Waals surface area contributed by atoms with Gasteiger partial charge in [0.05, 0.1) is 30.3 Å². The Labute approximate surface area is 209 Å². The molecule has 0 fully saturated rings. The van der Waals surface area contributed by atoms with Gasteiger partial charge in [0.15, 0.2) is 0 Å². The number of hydrogen-bond donors (Lipinski definition) is 1. The van der Waals surface area contributed by atoms with Crippen LogP contribution in [-0.2, 0) is 27.4 Å². The van der Waals surface area contributed by atoms with Crippen molar-refractivity contribution in [3.63, 3.8) is 0 Å². The summed E-state index contributed by atoms with van der Waals surface area (Å²) in [6, 6.07) is 15.0. The topological polar surface area (TPSA) is 86.8 Å². The Bertz CT molecular complexity index is 1140. The number of benzene rings is 2. The highest BCUT2D eigenvalue weighted by atomic mass is 32.1. The van der Waals surface area contributed by atoms with Gasteiger partial charge in [0.1, 0.15) is 18.1 Å². The van der Waals surface area contributed by atoms with Crippen molar-refractivity contribution in [2.45, 2.75) is 26.9 Å². The molecule has 2 aromatic carbocycles. The lowest BCUT2D eigenvalue weighted by Crippen LogP contribution is -2.33. The fraction of sp³-hybridized carbons (Fsp3) is 0.296. The number of nitrogens with one attached hydrogen (secondary N) is 1. The average molecular weight is 495 g/mol. The molecule has 0 aliphatic rings. The number of aromatic nitrogens is 1. The van der Waals surface area contributed by atoms with Crippen LogP contribution in [0.15, 0.2) is 60.0 Å². The first-order valence-electron chi connectivity index (χ1n) is 11.4. The van der Waals surface area contributed by atoms with Crippen LogP contribution in [0.5, 0.6) is 11.5 Å². The van der Waals surface area contributed by atoms with E-state index >= 15 is 0 Å². The van der Waals surface area contributed by atoms with Gasteiger partial charge in [0, 0.05) is 23.6 Å². The van der Waals surface area contributed by atoms with E-state index in [4.69, 9.17) is 14.2 Å². The molecule has 35 heavy (non-hydrogen) atoms. The lowest BCUT2D eigenvalue weighted by Gasteiger charge is -2.15. The van der Waals surface area contributed by atoms with E-state index in [0.29, 0.717) is 25.4 Å². The van der Waals surface area contributed by atoms with Gasteiger partial charge < -0.3 is 19.5 Å². The number of amides is 1. The molecule has 8 heteroatoms. The van der Waals surface area contributed by atoms with Gasteiger partial charge in [-0.05, 0) is 50.1 Å². The monoisotopic (exact) mass is 494 g/mol. The van der Waals surface area contributed by atoms with Crippen molar-refractivity contribution in [1.29, 1.82) is 0 Å². The molecule has 0 aliphatic carbocycles.